The zero-order valence-corrected chi connectivity index (χ0v) is 16.6. The summed E-state index contributed by atoms with van der Waals surface area (Å²) in [6.45, 7) is 1.58. The van der Waals surface area contributed by atoms with Crippen molar-refractivity contribution >= 4 is 28.3 Å². The molecule has 0 aliphatic carbocycles. The maximum atomic E-state index is 13.1. The summed E-state index contributed by atoms with van der Waals surface area (Å²) in [6, 6.07) is 21.4. The lowest BCUT2D eigenvalue weighted by Crippen LogP contribution is -2.32. The summed E-state index contributed by atoms with van der Waals surface area (Å²) >= 11 is 0. The molecule has 0 unspecified atom stereocenters. The number of carbonyl (C=O) groups excluding carboxylic acids is 2. The molecule has 0 radical (unpaired) electrons. The smallest absolute Gasteiger partial charge is 0.255 e. The van der Waals surface area contributed by atoms with Gasteiger partial charge in [-0.05, 0) is 41.3 Å². The zero-order valence-electron chi connectivity index (χ0n) is 16.6. The lowest BCUT2D eigenvalue weighted by Gasteiger charge is -2.22. The number of para-hydroxylation sites is 1. The quantitative estimate of drug-likeness (QED) is 0.683. The second kappa shape index (κ2) is 8.91. The van der Waals surface area contributed by atoms with Gasteiger partial charge in [0.25, 0.3) is 5.91 Å². The SMILES string of the molecule is O=C(Cc1cccc2ccccc12)Nc1ccccc1C(=O)N1CCCCCC1. The summed E-state index contributed by atoms with van der Waals surface area (Å²) < 4.78 is 0. The molecule has 1 N–H and O–H groups in total. The fourth-order valence-corrected chi connectivity index (χ4v) is 4.04. The van der Waals surface area contributed by atoms with Gasteiger partial charge in [-0.25, -0.2) is 0 Å². The summed E-state index contributed by atoms with van der Waals surface area (Å²) in [5.74, 6) is -0.106. The van der Waals surface area contributed by atoms with E-state index in [0.717, 1.165) is 42.3 Å². The Labute approximate surface area is 171 Å². The highest BCUT2D eigenvalue weighted by molar-refractivity contribution is 6.04. The van der Waals surface area contributed by atoms with Crippen molar-refractivity contribution in [3.8, 4) is 0 Å². The van der Waals surface area contributed by atoms with Crippen LogP contribution in [-0.4, -0.2) is 29.8 Å². The maximum absolute atomic E-state index is 13.1. The summed E-state index contributed by atoms with van der Waals surface area (Å²) in [5.41, 5.74) is 2.14. The molecule has 4 heteroatoms. The van der Waals surface area contributed by atoms with Crippen molar-refractivity contribution in [3.05, 3.63) is 77.9 Å². The minimum Gasteiger partial charge on any atom is -0.339 e. The van der Waals surface area contributed by atoms with Crippen LogP contribution in [0.4, 0.5) is 5.69 Å². The van der Waals surface area contributed by atoms with Crippen LogP contribution in [-0.2, 0) is 11.2 Å². The first-order chi connectivity index (χ1) is 14.2. The van der Waals surface area contributed by atoms with E-state index in [4.69, 9.17) is 0 Å². The molecule has 0 atom stereocenters. The fourth-order valence-electron chi connectivity index (χ4n) is 4.04. The van der Waals surface area contributed by atoms with E-state index in [-0.39, 0.29) is 18.2 Å². The molecule has 29 heavy (non-hydrogen) atoms. The van der Waals surface area contributed by atoms with Crippen LogP contribution in [0.15, 0.2) is 66.7 Å². The van der Waals surface area contributed by atoms with E-state index in [1.165, 1.54) is 12.8 Å². The Bertz CT molecular complexity index is 1010. The van der Waals surface area contributed by atoms with Crippen molar-refractivity contribution in [2.45, 2.75) is 32.1 Å². The van der Waals surface area contributed by atoms with Gasteiger partial charge in [-0.1, -0.05) is 67.4 Å². The van der Waals surface area contributed by atoms with Crippen LogP contribution in [0.5, 0.6) is 0 Å². The van der Waals surface area contributed by atoms with Gasteiger partial charge in [0.05, 0.1) is 17.7 Å². The highest BCUT2D eigenvalue weighted by atomic mass is 16.2. The normalized spacial score (nSPS) is 14.4. The number of anilines is 1. The van der Waals surface area contributed by atoms with Gasteiger partial charge in [-0.2, -0.15) is 0 Å². The summed E-state index contributed by atoms with van der Waals surface area (Å²) in [7, 11) is 0. The molecule has 4 nitrogen and oxygen atoms in total. The molecule has 0 spiro atoms. The predicted molar refractivity (Wildman–Crippen MR) is 117 cm³/mol. The molecule has 1 aliphatic rings. The topological polar surface area (TPSA) is 49.4 Å². The van der Waals surface area contributed by atoms with Crippen LogP contribution >= 0.6 is 0 Å². The molecule has 1 aliphatic heterocycles. The Morgan fingerprint density at radius 2 is 1.48 bits per heavy atom. The van der Waals surface area contributed by atoms with Crippen molar-refractivity contribution < 1.29 is 9.59 Å². The Morgan fingerprint density at radius 3 is 2.31 bits per heavy atom. The Balaban J connectivity index is 1.52. The van der Waals surface area contributed by atoms with E-state index in [2.05, 4.69) is 5.32 Å². The van der Waals surface area contributed by atoms with Crippen LogP contribution in [0.2, 0.25) is 0 Å². The van der Waals surface area contributed by atoms with Crippen LogP contribution in [0, 0.1) is 0 Å². The van der Waals surface area contributed by atoms with Crippen molar-refractivity contribution in [1.82, 2.24) is 4.90 Å². The van der Waals surface area contributed by atoms with Crippen LogP contribution in [0.3, 0.4) is 0 Å². The molecular formula is C25H26N2O2. The third-order valence-corrected chi connectivity index (χ3v) is 5.56. The molecule has 1 fully saturated rings. The summed E-state index contributed by atoms with van der Waals surface area (Å²) in [5, 5.41) is 5.18. The van der Waals surface area contributed by atoms with E-state index in [9.17, 15) is 9.59 Å². The second-order valence-electron chi connectivity index (χ2n) is 7.62. The number of rotatable bonds is 4. The molecule has 3 aromatic rings. The molecule has 1 heterocycles. The molecule has 0 aromatic heterocycles. The number of likely N-dealkylation sites (tertiary alicyclic amines) is 1. The number of hydrogen-bond acceptors (Lipinski definition) is 2. The van der Waals surface area contributed by atoms with Crippen LogP contribution in [0.25, 0.3) is 10.8 Å². The van der Waals surface area contributed by atoms with Gasteiger partial charge in [0.2, 0.25) is 5.91 Å². The average Bonchev–Trinajstić information content (AvgIpc) is 3.03. The summed E-state index contributed by atoms with van der Waals surface area (Å²) in [4.78, 5) is 27.8. The number of amides is 2. The van der Waals surface area contributed by atoms with Gasteiger partial charge >= 0.3 is 0 Å². The van der Waals surface area contributed by atoms with Crippen LogP contribution < -0.4 is 5.32 Å². The minimum atomic E-state index is -0.113. The molecule has 4 rings (SSSR count). The van der Waals surface area contributed by atoms with E-state index < -0.39 is 0 Å². The number of nitrogens with zero attached hydrogens (tertiary/aromatic N) is 1. The largest absolute Gasteiger partial charge is 0.339 e. The van der Waals surface area contributed by atoms with Crippen LogP contribution in [0.1, 0.15) is 41.6 Å². The minimum absolute atomic E-state index is 0.00737. The molecule has 0 bridgehead atoms. The number of benzene rings is 3. The van der Waals surface area contributed by atoms with E-state index in [0.29, 0.717) is 11.3 Å². The third kappa shape index (κ3) is 4.48. The zero-order chi connectivity index (χ0) is 20.1. The monoisotopic (exact) mass is 386 g/mol. The Kier molecular flexibility index (Phi) is 5.89. The first-order valence-electron chi connectivity index (χ1n) is 10.4. The molecular weight excluding hydrogens is 360 g/mol. The molecule has 3 aromatic carbocycles. The predicted octanol–water partition coefficient (Wildman–Crippen LogP) is 5.04. The van der Waals surface area contributed by atoms with Crippen molar-refractivity contribution in [3.63, 3.8) is 0 Å². The van der Waals surface area contributed by atoms with Gasteiger partial charge in [0.1, 0.15) is 0 Å². The lowest BCUT2D eigenvalue weighted by molar-refractivity contribution is -0.115. The summed E-state index contributed by atoms with van der Waals surface area (Å²) in [6.07, 6.45) is 4.71. The van der Waals surface area contributed by atoms with E-state index in [1.807, 2.05) is 65.6 Å². The number of hydrogen-bond donors (Lipinski definition) is 1. The van der Waals surface area contributed by atoms with Gasteiger partial charge in [0.15, 0.2) is 0 Å². The van der Waals surface area contributed by atoms with Gasteiger partial charge in [0, 0.05) is 13.1 Å². The average molecular weight is 386 g/mol. The standard InChI is InChI=1S/C25H26N2O2/c28-24(18-20-12-9-11-19-10-3-4-13-21(19)20)26-23-15-6-5-14-22(23)25(29)27-16-7-1-2-8-17-27/h3-6,9-15H,1-2,7-8,16-18H2,(H,26,28). The maximum Gasteiger partial charge on any atom is 0.255 e. The first kappa shape index (κ1) is 19.2. The number of nitrogens with one attached hydrogen (secondary N) is 1. The van der Waals surface area contributed by atoms with Crippen molar-refractivity contribution in [2.75, 3.05) is 18.4 Å². The highest BCUT2D eigenvalue weighted by Crippen LogP contribution is 2.22. The van der Waals surface area contributed by atoms with Crippen molar-refractivity contribution in [1.29, 1.82) is 0 Å². The fraction of sp³-hybridized carbons (Fsp3) is 0.280. The Hall–Kier alpha value is -3.14. The van der Waals surface area contributed by atoms with Crippen molar-refractivity contribution in [2.24, 2.45) is 0 Å². The molecule has 148 valence electrons. The first-order valence-corrected chi connectivity index (χ1v) is 10.4. The van der Waals surface area contributed by atoms with Gasteiger partial charge < -0.3 is 10.2 Å². The van der Waals surface area contributed by atoms with Gasteiger partial charge in [-0.3, -0.25) is 9.59 Å². The third-order valence-electron chi connectivity index (χ3n) is 5.56. The van der Waals surface area contributed by atoms with E-state index in [1.54, 1.807) is 6.07 Å². The lowest BCUT2D eigenvalue weighted by atomic mass is 10.0. The van der Waals surface area contributed by atoms with Gasteiger partial charge in [-0.15, -0.1) is 0 Å². The molecule has 0 saturated carbocycles. The highest BCUT2D eigenvalue weighted by Gasteiger charge is 2.20. The second-order valence-corrected chi connectivity index (χ2v) is 7.62. The van der Waals surface area contributed by atoms with E-state index >= 15 is 0 Å². The Morgan fingerprint density at radius 1 is 0.793 bits per heavy atom. The molecule has 2 amide bonds. The number of carbonyl (C=O) groups is 2. The molecule has 1 saturated heterocycles. The number of fused-ring (bicyclic) bond motifs is 1.